The molecule has 170 valence electrons. The summed E-state index contributed by atoms with van der Waals surface area (Å²) in [6.45, 7) is 6.37. The Morgan fingerprint density at radius 2 is 1.90 bits per heavy atom. The van der Waals surface area contributed by atoms with E-state index in [9.17, 15) is 8.42 Å². The second-order valence-corrected chi connectivity index (χ2v) is 11.5. The zero-order valence-electron chi connectivity index (χ0n) is 18.5. The van der Waals surface area contributed by atoms with Crippen molar-refractivity contribution >= 4 is 22.2 Å². The minimum atomic E-state index is -3.35. The molecule has 2 aromatic carbocycles. The van der Waals surface area contributed by atoms with E-state index >= 15 is 0 Å². The van der Waals surface area contributed by atoms with Crippen LogP contribution in [-0.2, 0) is 22.7 Å². The van der Waals surface area contributed by atoms with Crippen LogP contribution in [0.2, 0.25) is 0 Å². The number of fused-ring (bicyclic) bond motifs is 1. The first-order valence-corrected chi connectivity index (χ1v) is 12.4. The molecule has 2 aliphatic rings. The van der Waals surface area contributed by atoms with E-state index in [1.54, 1.807) is 13.8 Å². The number of hydrazine groups is 1. The zero-order valence-corrected chi connectivity index (χ0v) is 20.1. The van der Waals surface area contributed by atoms with Crippen LogP contribution >= 0.6 is 12.4 Å². The Morgan fingerprint density at radius 3 is 2.58 bits per heavy atom. The Morgan fingerprint density at radius 1 is 1.19 bits per heavy atom. The standard InChI is InChI=1S/C24H32N2O3S.ClH/c1-16(2)30(27,28)22-14-20-12-17(3)29-24(20)21(15-22)13-19-10-7-11-26(25)23(19)18-8-5-4-6-9-18;/h4-6,8-9,14-17,19,23H,7,10-13,25H2,1-3H3;1H/t17?,19-,23+;/m0./s1. The number of rotatable bonds is 5. The molecule has 3 atom stereocenters. The van der Waals surface area contributed by atoms with Crippen molar-refractivity contribution in [2.75, 3.05) is 6.54 Å². The first kappa shape index (κ1) is 24.1. The molecule has 2 aromatic rings. The highest BCUT2D eigenvalue weighted by atomic mass is 35.5. The highest BCUT2D eigenvalue weighted by molar-refractivity contribution is 7.92. The Hall–Kier alpha value is -1.60. The molecule has 0 spiro atoms. The fraction of sp³-hybridized carbons (Fsp3) is 0.500. The molecule has 2 N–H and O–H groups in total. The van der Waals surface area contributed by atoms with Crippen molar-refractivity contribution in [2.24, 2.45) is 11.8 Å². The molecule has 7 heteroatoms. The molecule has 5 nitrogen and oxygen atoms in total. The molecule has 2 aliphatic heterocycles. The third-order valence-electron chi connectivity index (χ3n) is 6.41. The number of piperidine rings is 1. The summed E-state index contributed by atoms with van der Waals surface area (Å²) in [7, 11) is -3.35. The van der Waals surface area contributed by atoms with Crippen LogP contribution in [0.15, 0.2) is 47.4 Å². The Kier molecular flexibility index (Phi) is 7.36. The van der Waals surface area contributed by atoms with Crippen LogP contribution in [0.1, 0.15) is 56.3 Å². The van der Waals surface area contributed by atoms with Crippen LogP contribution in [0, 0.1) is 5.92 Å². The van der Waals surface area contributed by atoms with Crippen LogP contribution in [0.4, 0.5) is 0 Å². The lowest BCUT2D eigenvalue weighted by Crippen LogP contribution is -2.44. The third kappa shape index (κ3) is 4.77. The topological polar surface area (TPSA) is 72.6 Å². The van der Waals surface area contributed by atoms with Gasteiger partial charge in [0.25, 0.3) is 0 Å². The van der Waals surface area contributed by atoms with Crippen molar-refractivity contribution in [1.82, 2.24) is 5.01 Å². The van der Waals surface area contributed by atoms with E-state index in [0.29, 0.717) is 10.8 Å². The Bertz CT molecular complexity index is 1010. The number of benzene rings is 2. The normalized spacial score (nSPS) is 23.8. The molecule has 0 aromatic heterocycles. The summed E-state index contributed by atoms with van der Waals surface area (Å²) >= 11 is 0. The summed E-state index contributed by atoms with van der Waals surface area (Å²) < 4.78 is 32.0. The van der Waals surface area contributed by atoms with Gasteiger partial charge in [-0.15, -0.1) is 12.4 Å². The van der Waals surface area contributed by atoms with Gasteiger partial charge in [-0.05, 0) is 74.8 Å². The largest absolute Gasteiger partial charge is 0.490 e. The zero-order chi connectivity index (χ0) is 21.5. The molecule has 0 saturated carbocycles. The van der Waals surface area contributed by atoms with Crippen molar-refractivity contribution in [3.05, 3.63) is 59.2 Å². The van der Waals surface area contributed by atoms with Crippen molar-refractivity contribution in [3.63, 3.8) is 0 Å². The van der Waals surface area contributed by atoms with E-state index in [4.69, 9.17) is 10.6 Å². The third-order valence-corrected chi connectivity index (χ3v) is 8.54. The van der Waals surface area contributed by atoms with Crippen molar-refractivity contribution in [1.29, 1.82) is 0 Å². The second-order valence-electron chi connectivity index (χ2n) is 9.00. The monoisotopic (exact) mass is 464 g/mol. The van der Waals surface area contributed by atoms with Gasteiger partial charge in [0.15, 0.2) is 9.84 Å². The van der Waals surface area contributed by atoms with Gasteiger partial charge < -0.3 is 4.74 Å². The minimum Gasteiger partial charge on any atom is -0.490 e. The molecule has 0 bridgehead atoms. The van der Waals surface area contributed by atoms with Crippen LogP contribution in [0.5, 0.6) is 5.75 Å². The first-order chi connectivity index (χ1) is 14.3. The van der Waals surface area contributed by atoms with E-state index in [-0.39, 0.29) is 24.6 Å². The molecule has 2 heterocycles. The van der Waals surface area contributed by atoms with Gasteiger partial charge in [-0.2, -0.15) is 0 Å². The predicted molar refractivity (Wildman–Crippen MR) is 126 cm³/mol. The Balaban J connectivity index is 0.00000272. The van der Waals surface area contributed by atoms with E-state index in [2.05, 4.69) is 12.1 Å². The molecule has 1 fully saturated rings. The fourth-order valence-corrected chi connectivity index (χ4v) is 6.04. The highest BCUT2D eigenvalue weighted by Gasteiger charge is 2.34. The van der Waals surface area contributed by atoms with Gasteiger partial charge in [0.05, 0.1) is 16.2 Å². The minimum absolute atomic E-state index is 0. The fourth-order valence-electron chi connectivity index (χ4n) is 4.88. The lowest BCUT2D eigenvalue weighted by Gasteiger charge is -2.39. The quantitative estimate of drug-likeness (QED) is 0.660. The predicted octanol–water partition coefficient (Wildman–Crippen LogP) is 4.48. The van der Waals surface area contributed by atoms with E-state index in [1.165, 1.54) is 5.56 Å². The molecular weight excluding hydrogens is 432 g/mol. The summed E-state index contributed by atoms with van der Waals surface area (Å²) in [5.41, 5.74) is 3.22. The molecule has 0 aliphatic carbocycles. The van der Waals surface area contributed by atoms with Crippen LogP contribution in [-0.4, -0.2) is 31.3 Å². The summed E-state index contributed by atoms with van der Waals surface area (Å²) in [5, 5.41) is 1.50. The van der Waals surface area contributed by atoms with Gasteiger partial charge in [0, 0.05) is 13.0 Å². The molecule has 1 unspecified atom stereocenters. The average Bonchev–Trinajstić information content (AvgIpc) is 3.09. The average molecular weight is 465 g/mol. The van der Waals surface area contributed by atoms with Gasteiger partial charge >= 0.3 is 0 Å². The lowest BCUT2D eigenvalue weighted by atomic mass is 9.81. The number of nitrogens with two attached hydrogens (primary N) is 1. The summed E-state index contributed by atoms with van der Waals surface area (Å²) in [5.74, 6) is 7.61. The van der Waals surface area contributed by atoms with Crippen molar-refractivity contribution < 1.29 is 13.2 Å². The molecular formula is C24H33ClN2O3S. The number of hydrogen-bond donors (Lipinski definition) is 1. The molecule has 1 saturated heterocycles. The maximum Gasteiger partial charge on any atom is 0.180 e. The van der Waals surface area contributed by atoms with E-state index in [1.807, 2.05) is 42.3 Å². The SMILES string of the molecule is CC1Cc2cc(S(=O)(=O)C(C)C)cc(C[C@@H]3CCCN(N)[C@@H]3c3ccccc3)c2O1.Cl. The van der Waals surface area contributed by atoms with Crippen LogP contribution < -0.4 is 10.6 Å². The maximum atomic E-state index is 12.9. The second kappa shape index (κ2) is 9.49. The summed E-state index contributed by atoms with van der Waals surface area (Å²) in [6, 6.07) is 14.2. The van der Waals surface area contributed by atoms with Crippen LogP contribution in [0.3, 0.4) is 0 Å². The number of ether oxygens (including phenoxy) is 1. The van der Waals surface area contributed by atoms with Crippen LogP contribution in [0.25, 0.3) is 0 Å². The number of sulfone groups is 1. The number of halogens is 1. The van der Waals surface area contributed by atoms with E-state index < -0.39 is 15.1 Å². The van der Waals surface area contributed by atoms with Gasteiger partial charge in [-0.25, -0.2) is 13.4 Å². The number of hydrogen-bond acceptors (Lipinski definition) is 5. The van der Waals surface area contributed by atoms with Gasteiger partial charge in [0.2, 0.25) is 0 Å². The van der Waals surface area contributed by atoms with Crippen molar-refractivity contribution in [3.8, 4) is 5.75 Å². The summed E-state index contributed by atoms with van der Waals surface area (Å²) in [6.07, 6.45) is 3.66. The summed E-state index contributed by atoms with van der Waals surface area (Å²) in [4.78, 5) is 0.417. The smallest absolute Gasteiger partial charge is 0.180 e. The molecule has 0 radical (unpaired) electrons. The lowest BCUT2D eigenvalue weighted by molar-refractivity contribution is 0.0920. The van der Waals surface area contributed by atoms with Gasteiger partial charge in [0.1, 0.15) is 11.9 Å². The van der Waals surface area contributed by atoms with Gasteiger partial charge in [-0.1, -0.05) is 30.3 Å². The van der Waals surface area contributed by atoms with E-state index in [0.717, 1.165) is 49.1 Å². The highest BCUT2D eigenvalue weighted by Crippen LogP contribution is 2.41. The van der Waals surface area contributed by atoms with Gasteiger partial charge in [-0.3, -0.25) is 5.84 Å². The Labute approximate surface area is 192 Å². The number of nitrogens with zero attached hydrogens (tertiary/aromatic N) is 1. The first-order valence-electron chi connectivity index (χ1n) is 10.9. The van der Waals surface area contributed by atoms with Crippen molar-refractivity contribution in [2.45, 2.75) is 68.7 Å². The maximum absolute atomic E-state index is 12.9. The molecule has 31 heavy (non-hydrogen) atoms. The molecule has 4 rings (SSSR count). The molecule has 0 amide bonds.